The number of hydrogen-bond donors (Lipinski definition) is 2. The molecule has 35 heavy (non-hydrogen) atoms. The van der Waals surface area contributed by atoms with Gasteiger partial charge in [0.05, 0.1) is 17.5 Å². The molecule has 4 rings (SSSR count). The standard InChI is InChI=1S/C25H30N8OS/c1-17-9-13-32(22(34)8-12-27)15-21(17)31(2)23-20-10-14-33(24(20)29-16-28-23)25(35)30-19-5-3-18(4-6-19)7-11-26/h3-6,10,14,16-17,21H,7-9,11,13,15,26H2,1-2H3,(H,30,35)/t17-,21+/m1/s1. The van der Waals surface area contributed by atoms with E-state index in [2.05, 4.69) is 27.1 Å². The van der Waals surface area contributed by atoms with E-state index in [1.807, 2.05) is 54.2 Å². The Kier molecular flexibility index (Phi) is 7.58. The van der Waals surface area contributed by atoms with Gasteiger partial charge >= 0.3 is 0 Å². The van der Waals surface area contributed by atoms with E-state index in [1.54, 1.807) is 11.2 Å². The first-order valence-corrected chi connectivity index (χ1v) is 12.1. The SMILES string of the molecule is C[C@@H]1CCN(C(=O)CC#N)C[C@@H]1N(C)c1ncnc2c1ccn2C(=S)Nc1ccc(CCN)cc1. The Morgan fingerprint density at radius 3 is 2.80 bits per heavy atom. The maximum Gasteiger partial charge on any atom is 0.236 e. The van der Waals surface area contributed by atoms with Gasteiger partial charge in [0, 0.05) is 32.0 Å². The van der Waals surface area contributed by atoms with Gasteiger partial charge in [-0.3, -0.25) is 9.36 Å². The van der Waals surface area contributed by atoms with E-state index in [1.165, 1.54) is 5.56 Å². The first-order valence-electron chi connectivity index (χ1n) is 11.7. The number of carbonyl (C=O) groups excluding carboxylic acids is 1. The number of rotatable bonds is 6. The molecule has 3 heterocycles. The molecule has 1 aliphatic rings. The molecule has 1 aliphatic heterocycles. The molecule has 3 aromatic rings. The number of amides is 1. The lowest BCUT2D eigenvalue weighted by Crippen LogP contribution is -2.52. The summed E-state index contributed by atoms with van der Waals surface area (Å²) in [6, 6.07) is 12.1. The number of anilines is 2. The van der Waals surface area contributed by atoms with Crippen LogP contribution in [0.4, 0.5) is 11.5 Å². The van der Waals surface area contributed by atoms with Crippen LogP contribution in [0.25, 0.3) is 11.0 Å². The zero-order valence-corrected chi connectivity index (χ0v) is 20.8. The second-order valence-corrected chi connectivity index (χ2v) is 9.29. The average Bonchev–Trinajstić information content (AvgIpc) is 3.30. The summed E-state index contributed by atoms with van der Waals surface area (Å²) in [5, 5.41) is 13.6. The van der Waals surface area contributed by atoms with Crippen molar-refractivity contribution in [2.45, 2.75) is 32.2 Å². The van der Waals surface area contributed by atoms with Gasteiger partial charge in [-0.15, -0.1) is 0 Å². The third-order valence-corrected chi connectivity index (χ3v) is 6.95. The van der Waals surface area contributed by atoms with Gasteiger partial charge in [0.15, 0.2) is 10.8 Å². The number of likely N-dealkylation sites (N-methyl/N-ethyl adjacent to an activating group) is 1. The Morgan fingerprint density at radius 1 is 1.31 bits per heavy atom. The van der Waals surface area contributed by atoms with Crippen LogP contribution in [0.15, 0.2) is 42.9 Å². The van der Waals surface area contributed by atoms with E-state index in [4.69, 9.17) is 23.2 Å². The Morgan fingerprint density at radius 2 is 2.09 bits per heavy atom. The van der Waals surface area contributed by atoms with Crippen molar-refractivity contribution in [1.82, 2.24) is 19.4 Å². The number of fused-ring (bicyclic) bond motifs is 1. The van der Waals surface area contributed by atoms with E-state index >= 15 is 0 Å². The van der Waals surface area contributed by atoms with Crippen LogP contribution >= 0.6 is 12.2 Å². The van der Waals surface area contributed by atoms with Crippen molar-refractivity contribution in [2.24, 2.45) is 11.7 Å². The molecule has 1 saturated heterocycles. The molecule has 3 N–H and O–H groups in total. The van der Waals surface area contributed by atoms with Crippen molar-refractivity contribution in [1.29, 1.82) is 5.26 Å². The molecule has 10 heteroatoms. The molecule has 1 aromatic carbocycles. The molecule has 0 unspecified atom stereocenters. The second-order valence-electron chi connectivity index (χ2n) is 8.90. The highest BCUT2D eigenvalue weighted by Crippen LogP contribution is 2.30. The van der Waals surface area contributed by atoms with Crippen LogP contribution in [0, 0.1) is 17.2 Å². The molecule has 1 amide bonds. The first-order chi connectivity index (χ1) is 16.9. The lowest BCUT2D eigenvalue weighted by Gasteiger charge is -2.42. The summed E-state index contributed by atoms with van der Waals surface area (Å²) >= 11 is 5.68. The number of carbonyl (C=O) groups is 1. The molecule has 0 saturated carbocycles. The van der Waals surface area contributed by atoms with Crippen molar-refractivity contribution in [3.63, 3.8) is 0 Å². The number of nitrogens with two attached hydrogens (primary N) is 1. The minimum Gasteiger partial charge on any atom is -0.354 e. The number of nitrogens with zero attached hydrogens (tertiary/aromatic N) is 6. The highest BCUT2D eigenvalue weighted by Gasteiger charge is 2.32. The van der Waals surface area contributed by atoms with Gasteiger partial charge in [0.2, 0.25) is 5.91 Å². The number of thiocarbonyl (C=S) groups is 1. The molecule has 2 aromatic heterocycles. The fourth-order valence-electron chi connectivity index (χ4n) is 4.60. The van der Waals surface area contributed by atoms with Gasteiger partial charge < -0.3 is 20.9 Å². The first kappa shape index (κ1) is 24.6. The minimum atomic E-state index is -0.121. The monoisotopic (exact) mass is 490 g/mol. The summed E-state index contributed by atoms with van der Waals surface area (Å²) in [7, 11) is 2.00. The van der Waals surface area contributed by atoms with Crippen molar-refractivity contribution >= 4 is 45.8 Å². The fraction of sp³-hybridized carbons (Fsp3) is 0.400. The number of piperidine rings is 1. The Labute approximate surface area is 210 Å². The van der Waals surface area contributed by atoms with E-state index in [0.29, 0.717) is 36.3 Å². The Hall–Kier alpha value is -3.55. The predicted molar refractivity (Wildman–Crippen MR) is 141 cm³/mol. The Bertz CT molecular complexity index is 1250. The number of benzene rings is 1. The topological polar surface area (TPSA) is 116 Å². The van der Waals surface area contributed by atoms with Gasteiger partial charge in [0.25, 0.3) is 0 Å². The second kappa shape index (κ2) is 10.8. The van der Waals surface area contributed by atoms with Gasteiger partial charge in [-0.2, -0.15) is 5.26 Å². The summed E-state index contributed by atoms with van der Waals surface area (Å²) in [5.74, 6) is 1.03. The minimum absolute atomic E-state index is 0.0740. The van der Waals surface area contributed by atoms with Crippen LogP contribution in [0.2, 0.25) is 0 Å². The van der Waals surface area contributed by atoms with Crippen molar-refractivity contribution in [3.05, 3.63) is 48.4 Å². The summed E-state index contributed by atoms with van der Waals surface area (Å²) < 4.78 is 1.84. The summed E-state index contributed by atoms with van der Waals surface area (Å²) in [6.07, 6.45) is 5.05. The van der Waals surface area contributed by atoms with Gasteiger partial charge in [-0.25, -0.2) is 9.97 Å². The lowest BCUT2D eigenvalue weighted by atomic mass is 9.92. The number of hydrogen-bond acceptors (Lipinski definition) is 7. The van der Waals surface area contributed by atoms with Crippen LogP contribution in [-0.4, -0.2) is 63.2 Å². The van der Waals surface area contributed by atoms with E-state index in [0.717, 1.165) is 29.7 Å². The fourth-order valence-corrected chi connectivity index (χ4v) is 4.87. The number of nitriles is 1. The van der Waals surface area contributed by atoms with Crippen molar-refractivity contribution in [3.8, 4) is 6.07 Å². The smallest absolute Gasteiger partial charge is 0.236 e. The molecule has 1 fully saturated rings. The zero-order valence-electron chi connectivity index (χ0n) is 20.0. The summed E-state index contributed by atoms with van der Waals surface area (Å²) in [6.45, 7) is 4.04. The van der Waals surface area contributed by atoms with Gasteiger partial charge in [-0.1, -0.05) is 19.1 Å². The third kappa shape index (κ3) is 5.26. The molecule has 0 spiro atoms. The molecular formula is C25H30N8OS. The largest absolute Gasteiger partial charge is 0.354 e. The Balaban J connectivity index is 1.55. The lowest BCUT2D eigenvalue weighted by molar-refractivity contribution is -0.131. The van der Waals surface area contributed by atoms with E-state index in [9.17, 15) is 4.79 Å². The van der Waals surface area contributed by atoms with Crippen LogP contribution in [0.3, 0.4) is 0 Å². The molecule has 0 aliphatic carbocycles. The van der Waals surface area contributed by atoms with Crippen LogP contribution in [0.1, 0.15) is 25.3 Å². The maximum atomic E-state index is 12.3. The zero-order chi connectivity index (χ0) is 24.9. The van der Waals surface area contributed by atoms with E-state index < -0.39 is 0 Å². The van der Waals surface area contributed by atoms with Gasteiger partial charge in [-0.05, 0) is 61.3 Å². The molecule has 0 bridgehead atoms. The van der Waals surface area contributed by atoms with E-state index in [-0.39, 0.29) is 18.4 Å². The van der Waals surface area contributed by atoms with Crippen molar-refractivity contribution < 1.29 is 4.79 Å². The molecule has 2 atom stereocenters. The van der Waals surface area contributed by atoms with Crippen LogP contribution < -0.4 is 16.0 Å². The van der Waals surface area contributed by atoms with Crippen LogP contribution in [0.5, 0.6) is 0 Å². The average molecular weight is 491 g/mol. The van der Waals surface area contributed by atoms with Gasteiger partial charge in [0.1, 0.15) is 18.6 Å². The third-order valence-electron chi connectivity index (χ3n) is 6.65. The number of likely N-dealkylation sites (tertiary alicyclic amines) is 1. The molecule has 182 valence electrons. The van der Waals surface area contributed by atoms with Crippen LogP contribution in [-0.2, 0) is 11.2 Å². The summed E-state index contributed by atoms with van der Waals surface area (Å²) in [5.41, 5.74) is 8.41. The normalized spacial score (nSPS) is 17.7. The highest BCUT2D eigenvalue weighted by atomic mass is 32.1. The summed E-state index contributed by atoms with van der Waals surface area (Å²) in [4.78, 5) is 25.3. The molecule has 9 nitrogen and oxygen atoms in total. The number of aromatic nitrogens is 3. The quantitative estimate of drug-likeness (QED) is 0.507. The molecular weight excluding hydrogens is 460 g/mol. The highest BCUT2D eigenvalue weighted by molar-refractivity contribution is 7.80. The molecule has 0 radical (unpaired) electrons. The number of nitrogens with one attached hydrogen (secondary N) is 1. The maximum absolute atomic E-state index is 12.3. The predicted octanol–water partition coefficient (Wildman–Crippen LogP) is 2.76. The van der Waals surface area contributed by atoms with Crippen molar-refractivity contribution in [2.75, 3.05) is 36.9 Å².